The quantitative estimate of drug-likeness (QED) is 0.545. The van der Waals surface area contributed by atoms with Crippen LogP contribution >= 0.6 is 0 Å². The Morgan fingerprint density at radius 3 is 2.67 bits per heavy atom. The summed E-state index contributed by atoms with van der Waals surface area (Å²) in [4.78, 5) is 46.3. The number of anilines is 1. The maximum absolute atomic E-state index is 12.7. The van der Waals surface area contributed by atoms with Crippen LogP contribution in [-0.2, 0) is 25.4 Å². The summed E-state index contributed by atoms with van der Waals surface area (Å²) in [5.74, 6) is 0.667. The van der Waals surface area contributed by atoms with Crippen LogP contribution in [0.5, 0.6) is 0 Å². The van der Waals surface area contributed by atoms with Gasteiger partial charge in [-0.05, 0) is 32.0 Å². The van der Waals surface area contributed by atoms with Gasteiger partial charge in [-0.2, -0.15) is 0 Å². The smallest absolute Gasteiger partial charge is 0.332 e. The van der Waals surface area contributed by atoms with E-state index in [0.717, 1.165) is 16.0 Å². The molecule has 0 aliphatic heterocycles. The minimum Gasteiger partial charge on any atom is -0.441 e. The number of oxazole rings is 1. The molecule has 0 atom stereocenters. The number of amides is 1. The largest absolute Gasteiger partial charge is 0.441 e. The SMILES string of the molecule is Cc1nc(-c2cccc(NC(=O)Cn3c(=O)c4c(ncn4C)n(C)c3=O)c2)oc1C. The number of benzene rings is 1. The zero-order valence-corrected chi connectivity index (χ0v) is 17.0. The Morgan fingerprint density at radius 2 is 1.97 bits per heavy atom. The first-order chi connectivity index (χ1) is 14.3. The number of carbonyl (C=O) groups excluding carboxylic acids is 1. The number of rotatable bonds is 4. The second-order valence-electron chi connectivity index (χ2n) is 7.05. The fourth-order valence-electron chi connectivity index (χ4n) is 3.21. The summed E-state index contributed by atoms with van der Waals surface area (Å²) in [5.41, 5.74) is 1.34. The van der Waals surface area contributed by atoms with E-state index >= 15 is 0 Å². The Balaban J connectivity index is 1.62. The van der Waals surface area contributed by atoms with E-state index in [1.807, 2.05) is 19.9 Å². The molecule has 1 N–H and O–H groups in total. The fraction of sp³-hybridized carbons (Fsp3) is 0.250. The second-order valence-corrected chi connectivity index (χ2v) is 7.05. The topological polar surface area (TPSA) is 117 Å². The van der Waals surface area contributed by atoms with Crippen LogP contribution in [0.4, 0.5) is 5.69 Å². The van der Waals surface area contributed by atoms with E-state index < -0.39 is 23.7 Å². The molecule has 3 aromatic heterocycles. The molecule has 0 saturated carbocycles. The summed E-state index contributed by atoms with van der Waals surface area (Å²) in [7, 11) is 3.17. The molecule has 4 rings (SSSR count). The monoisotopic (exact) mass is 408 g/mol. The molecule has 0 aliphatic rings. The zero-order valence-electron chi connectivity index (χ0n) is 17.0. The molecule has 0 spiro atoms. The highest BCUT2D eigenvalue weighted by atomic mass is 16.4. The van der Waals surface area contributed by atoms with Crippen LogP contribution in [-0.4, -0.2) is 29.6 Å². The molecular formula is C20H20N6O4. The van der Waals surface area contributed by atoms with Crippen molar-refractivity contribution in [2.75, 3.05) is 5.32 Å². The number of hydrogen-bond donors (Lipinski definition) is 1. The van der Waals surface area contributed by atoms with Gasteiger partial charge in [-0.1, -0.05) is 6.07 Å². The number of nitrogens with one attached hydrogen (secondary N) is 1. The van der Waals surface area contributed by atoms with Crippen molar-refractivity contribution in [2.45, 2.75) is 20.4 Å². The molecule has 1 aromatic carbocycles. The molecule has 0 unspecified atom stereocenters. The van der Waals surface area contributed by atoms with Gasteiger partial charge in [0.1, 0.15) is 12.3 Å². The maximum Gasteiger partial charge on any atom is 0.332 e. The van der Waals surface area contributed by atoms with Gasteiger partial charge in [-0.3, -0.25) is 14.2 Å². The van der Waals surface area contributed by atoms with E-state index in [-0.39, 0.29) is 11.2 Å². The fourth-order valence-corrected chi connectivity index (χ4v) is 3.21. The van der Waals surface area contributed by atoms with Crippen LogP contribution in [0.1, 0.15) is 11.5 Å². The second kappa shape index (κ2) is 7.14. The lowest BCUT2D eigenvalue weighted by Crippen LogP contribution is -2.42. The van der Waals surface area contributed by atoms with Crippen molar-refractivity contribution < 1.29 is 9.21 Å². The van der Waals surface area contributed by atoms with Crippen molar-refractivity contribution in [1.82, 2.24) is 23.7 Å². The molecule has 10 nitrogen and oxygen atoms in total. The Morgan fingerprint density at radius 1 is 1.20 bits per heavy atom. The highest BCUT2D eigenvalue weighted by Gasteiger charge is 2.17. The average molecular weight is 408 g/mol. The van der Waals surface area contributed by atoms with Gasteiger partial charge in [-0.25, -0.2) is 19.3 Å². The van der Waals surface area contributed by atoms with Crippen LogP contribution in [0.25, 0.3) is 22.6 Å². The Bertz CT molecular complexity index is 1390. The number of aryl methyl sites for hydroxylation is 4. The molecule has 3 heterocycles. The summed E-state index contributed by atoms with van der Waals surface area (Å²) in [6, 6.07) is 6.99. The van der Waals surface area contributed by atoms with Crippen LogP contribution in [0.2, 0.25) is 0 Å². The van der Waals surface area contributed by atoms with Crippen LogP contribution in [0, 0.1) is 13.8 Å². The van der Waals surface area contributed by atoms with Gasteiger partial charge in [-0.15, -0.1) is 0 Å². The first-order valence-electron chi connectivity index (χ1n) is 9.21. The van der Waals surface area contributed by atoms with Crippen molar-refractivity contribution in [3.05, 3.63) is 62.9 Å². The maximum atomic E-state index is 12.7. The standard InChI is InChI=1S/C20H20N6O4/c1-11-12(2)30-18(22-11)13-6-5-7-14(8-13)23-15(27)9-26-19(28)16-17(21-10-24(16)3)25(4)20(26)29/h5-8,10H,9H2,1-4H3,(H,23,27). The van der Waals surface area contributed by atoms with Gasteiger partial charge < -0.3 is 14.3 Å². The highest BCUT2D eigenvalue weighted by Crippen LogP contribution is 2.24. The van der Waals surface area contributed by atoms with E-state index in [4.69, 9.17) is 4.42 Å². The molecule has 10 heteroatoms. The number of aromatic nitrogens is 5. The molecule has 0 fully saturated rings. The Kier molecular flexibility index (Phi) is 4.61. The third-order valence-corrected chi connectivity index (χ3v) is 4.92. The summed E-state index contributed by atoms with van der Waals surface area (Å²) in [5, 5.41) is 2.71. The number of fused-ring (bicyclic) bond motifs is 1. The Hall–Kier alpha value is -3.95. The van der Waals surface area contributed by atoms with Gasteiger partial charge in [0.05, 0.1) is 12.0 Å². The molecule has 0 radical (unpaired) electrons. The zero-order chi connectivity index (χ0) is 21.6. The summed E-state index contributed by atoms with van der Waals surface area (Å²) < 4.78 is 9.29. The lowest BCUT2D eigenvalue weighted by molar-refractivity contribution is -0.116. The van der Waals surface area contributed by atoms with Gasteiger partial charge in [0.15, 0.2) is 11.2 Å². The van der Waals surface area contributed by atoms with Crippen molar-refractivity contribution in [3.63, 3.8) is 0 Å². The van der Waals surface area contributed by atoms with Gasteiger partial charge in [0.2, 0.25) is 11.8 Å². The average Bonchev–Trinajstić information content (AvgIpc) is 3.26. The van der Waals surface area contributed by atoms with Crippen LogP contribution < -0.4 is 16.6 Å². The van der Waals surface area contributed by atoms with E-state index in [1.54, 1.807) is 25.2 Å². The van der Waals surface area contributed by atoms with Crippen molar-refractivity contribution in [2.24, 2.45) is 14.1 Å². The van der Waals surface area contributed by atoms with E-state index in [2.05, 4.69) is 15.3 Å². The molecule has 0 bridgehead atoms. The normalized spacial score (nSPS) is 11.2. The molecule has 154 valence electrons. The highest BCUT2D eigenvalue weighted by molar-refractivity contribution is 5.91. The van der Waals surface area contributed by atoms with E-state index in [1.165, 1.54) is 22.5 Å². The van der Waals surface area contributed by atoms with Gasteiger partial charge >= 0.3 is 5.69 Å². The first kappa shape index (κ1) is 19.4. The van der Waals surface area contributed by atoms with E-state index in [0.29, 0.717) is 17.1 Å². The summed E-state index contributed by atoms with van der Waals surface area (Å²) >= 11 is 0. The molecule has 0 saturated heterocycles. The van der Waals surface area contributed by atoms with Gasteiger partial charge in [0.25, 0.3) is 5.56 Å². The third kappa shape index (κ3) is 3.21. The predicted octanol–water partition coefficient (Wildman–Crippen LogP) is 1.34. The molecule has 0 aliphatic carbocycles. The minimum atomic E-state index is -0.610. The Labute approximate surface area is 170 Å². The van der Waals surface area contributed by atoms with E-state index in [9.17, 15) is 14.4 Å². The number of carbonyl (C=O) groups is 1. The van der Waals surface area contributed by atoms with Crippen LogP contribution in [0.15, 0.2) is 44.6 Å². The molecule has 4 aromatic rings. The number of hydrogen-bond acceptors (Lipinski definition) is 6. The van der Waals surface area contributed by atoms with Gasteiger partial charge in [0, 0.05) is 25.3 Å². The molecule has 30 heavy (non-hydrogen) atoms. The first-order valence-corrected chi connectivity index (χ1v) is 9.21. The lowest BCUT2D eigenvalue weighted by Gasteiger charge is -2.10. The summed E-state index contributed by atoms with van der Waals surface area (Å²) in [6.45, 7) is 3.26. The predicted molar refractivity (Wildman–Crippen MR) is 110 cm³/mol. The van der Waals surface area contributed by atoms with Crippen molar-refractivity contribution in [1.29, 1.82) is 0 Å². The summed E-state index contributed by atoms with van der Waals surface area (Å²) in [6.07, 6.45) is 1.45. The van der Waals surface area contributed by atoms with Crippen LogP contribution in [0.3, 0.4) is 0 Å². The van der Waals surface area contributed by atoms with Crippen molar-refractivity contribution in [3.8, 4) is 11.5 Å². The number of imidazole rings is 1. The molecular weight excluding hydrogens is 388 g/mol. The lowest BCUT2D eigenvalue weighted by atomic mass is 10.2. The third-order valence-electron chi connectivity index (χ3n) is 4.92. The van der Waals surface area contributed by atoms with Crippen molar-refractivity contribution >= 4 is 22.8 Å². The molecule has 1 amide bonds. The number of nitrogens with zero attached hydrogens (tertiary/aromatic N) is 5. The minimum absolute atomic E-state index is 0.251.